The Morgan fingerprint density at radius 1 is 1.61 bits per heavy atom. The molecule has 0 atom stereocenters. The summed E-state index contributed by atoms with van der Waals surface area (Å²) in [5.74, 6) is 0.122. The third kappa shape index (κ3) is 4.27. The number of aromatic nitrogens is 1. The largest absolute Gasteiger partial charge is 0.362 e. The summed E-state index contributed by atoms with van der Waals surface area (Å²) in [4.78, 5) is 19.1. The highest BCUT2D eigenvalue weighted by molar-refractivity contribution is 7.15. The molecule has 1 aliphatic carbocycles. The molecule has 0 aromatic carbocycles. The van der Waals surface area contributed by atoms with Gasteiger partial charge in [0.2, 0.25) is 5.91 Å². The van der Waals surface area contributed by atoms with Gasteiger partial charge in [-0.05, 0) is 26.8 Å². The van der Waals surface area contributed by atoms with Crippen LogP contribution in [0.5, 0.6) is 0 Å². The van der Waals surface area contributed by atoms with E-state index >= 15 is 0 Å². The van der Waals surface area contributed by atoms with Crippen molar-refractivity contribution in [1.29, 1.82) is 0 Å². The van der Waals surface area contributed by atoms with Crippen LogP contribution in [0.4, 0.5) is 5.13 Å². The Hall–Kier alpha value is -1.14. The monoisotopic (exact) mass is 268 g/mol. The molecule has 18 heavy (non-hydrogen) atoms. The molecule has 1 amide bonds. The summed E-state index contributed by atoms with van der Waals surface area (Å²) in [6.45, 7) is 4.15. The normalized spacial score (nSPS) is 14.8. The zero-order valence-corrected chi connectivity index (χ0v) is 11.7. The van der Waals surface area contributed by atoms with Gasteiger partial charge in [0.15, 0.2) is 5.13 Å². The zero-order chi connectivity index (χ0) is 13.0. The van der Waals surface area contributed by atoms with Crippen molar-refractivity contribution in [2.45, 2.75) is 32.4 Å². The fraction of sp³-hybridized carbons (Fsp3) is 0.667. The molecule has 0 unspecified atom stereocenters. The first-order valence-electron chi connectivity index (χ1n) is 6.34. The molecular weight excluding hydrogens is 248 g/mol. The van der Waals surface area contributed by atoms with Gasteiger partial charge in [-0.15, -0.1) is 11.3 Å². The Labute approximate surface area is 112 Å². The number of rotatable bonds is 7. The number of hydrogen-bond acceptors (Lipinski definition) is 5. The SMILES string of the molecule is CCNc1ncc(CN(C)CC(=O)NC2CC2)s1. The molecule has 1 fully saturated rings. The van der Waals surface area contributed by atoms with Gasteiger partial charge in [0.25, 0.3) is 0 Å². The molecule has 1 aromatic heterocycles. The average Bonchev–Trinajstić information content (AvgIpc) is 2.99. The van der Waals surface area contributed by atoms with Gasteiger partial charge in [-0.25, -0.2) is 4.98 Å². The Morgan fingerprint density at radius 3 is 3.06 bits per heavy atom. The Morgan fingerprint density at radius 2 is 2.39 bits per heavy atom. The van der Waals surface area contributed by atoms with Crippen molar-refractivity contribution in [1.82, 2.24) is 15.2 Å². The highest BCUT2D eigenvalue weighted by Gasteiger charge is 2.23. The van der Waals surface area contributed by atoms with E-state index in [1.54, 1.807) is 11.3 Å². The first-order chi connectivity index (χ1) is 8.67. The second-order valence-corrected chi connectivity index (χ2v) is 5.79. The molecule has 100 valence electrons. The minimum absolute atomic E-state index is 0.122. The Balaban J connectivity index is 1.74. The molecule has 0 bridgehead atoms. The highest BCUT2D eigenvalue weighted by atomic mass is 32.1. The van der Waals surface area contributed by atoms with Crippen LogP contribution in [0.2, 0.25) is 0 Å². The number of thiazole rings is 1. The van der Waals surface area contributed by atoms with Crippen molar-refractivity contribution >= 4 is 22.4 Å². The van der Waals surface area contributed by atoms with E-state index in [0.717, 1.165) is 31.1 Å². The molecule has 5 nitrogen and oxygen atoms in total. The van der Waals surface area contributed by atoms with Gasteiger partial charge in [-0.2, -0.15) is 0 Å². The van der Waals surface area contributed by atoms with Gasteiger partial charge in [0, 0.05) is 30.2 Å². The predicted octanol–water partition coefficient (Wildman–Crippen LogP) is 1.29. The molecule has 0 aliphatic heterocycles. The molecule has 6 heteroatoms. The maximum Gasteiger partial charge on any atom is 0.234 e. The van der Waals surface area contributed by atoms with Crippen LogP contribution in [-0.4, -0.2) is 42.0 Å². The predicted molar refractivity (Wildman–Crippen MR) is 73.8 cm³/mol. The fourth-order valence-electron chi connectivity index (χ4n) is 1.68. The number of hydrogen-bond donors (Lipinski definition) is 2. The van der Waals surface area contributed by atoms with Crippen LogP contribution in [-0.2, 0) is 11.3 Å². The smallest absolute Gasteiger partial charge is 0.234 e. The zero-order valence-electron chi connectivity index (χ0n) is 10.9. The average molecular weight is 268 g/mol. The summed E-state index contributed by atoms with van der Waals surface area (Å²) >= 11 is 1.64. The lowest BCUT2D eigenvalue weighted by molar-refractivity contribution is -0.122. The number of carbonyl (C=O) groups is 1. The Kier molecular flexibility index (Phi) is 4.54. The van der Waals surface area contributed by atoms with E-state index in [2.05, 4.69) is 22.5 Å². The first-order valence-corrected chi connectivity index (χ1v) is 7.15. The number of amides is 1. The molecular formula is C12H20N4OS. The van der Waals surface area contributed by atoms with E-state index in [4.69, 9.17) is 0 Å². The van der Waals surface area contributed by atoms with E-state index in [0.29, 0.717) is 12.6 Å². The van der Waals surface area contributed by atoms with Gasteiger partial charge in [-0.3, -0.25) is 9.69 Å². The van der Waals surface area contributed by atoms with E-state index < -0.39 is 0 Å². The highest BCUT2D eigenvalue weighted by Crippen LogP contribution is 2.20. The molecule has 2 rings (SSSR count). The van der Waals surface area contributed by atoms with Crippen LogP contribution < -0.4 is 10.6 Å². The first kappa shape index (κ1) is 13.3. The lowest BCUT2D eigenvalue weighted by Gasteiger charge is -2.14. The third-order valence-corrected chi connectivity index (χ3v) is 3.60. The minimum Gasteiger partial charge on any atom is -0.362 e. The topological polar surface area (TPSA) is 57.3 Å². The van der Waals surface area contributed by atoms with Crippen LogP contribution in [0.25, 0.3) is 0 Å². The number of carbonyl (C=O) groups excluding carboxylic acids is 1. The summed E-state index contributed by atoms with van der Waals surface area (Å²) in [6.07, 6.45) is 4.14. The third-order valence-electron chi connectivity index (χ3n) is 2.66. The van der Waals surface area contributed by atoms with E-state index in [1.165, 1.54) is 4.88 Å². The van der Waals surface area contributed by atoms with Gasteiger partial charge in [0.05, 0.1) is 6.54 Å². The van der Waals surface area contributed by atoms with Gasteiger partial charge >= 0.3 is 0 Å². The van der Waals surface area contributed by atoms with E-state index in [9.17, 15) is 4.79 Å². The second kappa shape index (κ2) is 6.15. The standard InChI is InChI=1S/C12H20N4OS/c1-3-13-12-14-6-10(18-12)7-16(2)8-11(17)15-9-4-5-9/h6,9H,3-5,7-8H2,1-2H3,(H,13,14)(H,15,17). The molecule has 0 radical (unpaired) electrons. The van der Waals surface area contributed by atoms with Crippen molar-refractivity contribution in [3.05, 3.63) is 11.1 Å². The van der Waals surface area contributed by atoms with Crippen molar-refractivity contribution in [3.63, 3.8) is 0 Å². The lowest BCUT2D eigenvalue weighted by atomic mass is 10.4. The maximum absolute atomic E-state index is 11.6. The quantitative estimate of drug-likeness (QED) is 0.782. The number of nitrogens with zero attached hydrogens (tertiary/aromatic N) is 2. The van der Waals surface area contributed by atoms with Crippen molar-refractivity contribution in [3.8, 4) is 0 Å². The summed E-state index contributed by atoms with van der Waals surface area (Å²) in [7, 11) is 1.96. The molecule has 1 aromatic rings. The van der Waals surface area contributed by atoms with E-state index in [-0.39, 0.29) is 5.91 Å². The second-order valence-electron chi connectivity index (χ2n) is 4.68. The van der Waals surface area contributed by atoms with Crippen LogP contribution in [0.1, 0.15) is 24.6 Å². The minimum atomic E-state index is 0.122. The molecule has 0 spiro atoms. The molecule has 0 saturated heterocycles. The van der Waals surface area contributed by atoms with Crippen LogP contribution in [0.3, 0.4) is 0 Å². The van der Waals surface area contributed by atoms with Gasteiger partial charge < -0.3 is 10.6 Å². The number of likely N-dealkylation sites (N-methyl/N-ethyl adjacent to an activating group) is 1. The molecule has 1 aliphatic rings. The van der Waals surface area contributed by atoms with E-state index in [1.807, 2.05) is 18.1 Å². The molecule has 1 saturated carbocycles. The van der Waals surface area contributed by atoms with Crippen LogP contribution in [0.15, 0.2) is 6.20 Å². The Bertz CT molecular complexity index is 403. The van der Waals surface area contributed by atoms with Gasteiger partial charge in [-0.1, -0.05) is 0 Å². The maximum atomic E-state index is 11.6. The van der Waals surface area contributed by atoms with Crippen molar-refractivity contribution in [2.75, 3.05) is 25.5 Å². The van der Waals surface area contributed by atoms with Crippen molar-refractivity contribution < 1.29 is 4.79 Å². The molecule has 1 heterocycles. The number of nitrogens with one attached hydrogen (secondary N) is 2. The van der Waals surface area contributed by atoms with Gasteiger partial charge in [0.1, 0.15) is 0 Å². The summed E-state index contributed by atoms with van der Waals surface area (Å²) in [5, 5.41) is 7.12. The van der Waals surface area contributed by atoms with Crippen molar-refractivity contribution in [2.24, 2.45) is 0 Å². The fourth-order valence-corrected chi connectivity index (χ4v) is 2.64. The summed E-state index contributed by atoms with van der Waals surface area (Å²) in [6, 6.07) is 0.440. The summed E-state index contributed by atoms with van der Waals surface area (Å²) in [5.41, 5.74) is 0. The van der Waals surface area contributed by atoms with Crippen LogP contribution in [0, 0.1) is 0 Å². The van der Waals surface area contributed by atoms with Crippen LogP contribution >= 0.6 is 11.3 Å². The summed E-state index contributed by atoms with van der Waals surface area (Å²) < 4.78 is 0. The molecule has 2 N–H and O–H groups in total. The lowest BCUT2D eigenvalue weighted by Crippen LogP contribution is -2.35. The number of anilines is 1.